The largest absolute Gasteiger partial charge is 0.480 e. The minimum absolute atomic E-state index is 0.00523. The summed E-state index contributed by atoms with van der Waals surface area (Å²) < 4.78 is 1.50. The van der Waals surface area contributed by atoms with Gasteiger partial charge in [-0.25, -0.2) is 14.3 Å². The molecule has 3 rings (SSSR count). The van der Waals surface area contributed by atoms with Gasteiger partial charge in [0.1, 0.15) is 6.04 Å². The number of hydrogen-bond acceptors (Lipinski definition) is 5. The molecule has 1 saturated heterocycles. The third-order valence-electron chi connectivity index (χ3n) is 3.86. The molecule has 8 heteroatoms. The van der Waals surface area contributed by atoms with E-state index >= 15 is 0 Å². The van der Waals surface area contributed by atoms with Crippen molar-refractivity contribution in [3.05, 3.63) is 23.3 Å². The monoisotopic (exact) mass is 303 g/mol. The molecule has 3 heterocycles. The Balaban J connectivity index is 1.97. The van der Waals surface area contributed by atoms with Gasteiger partial charge in [0.25, 0.3) is 11.7 Å². The summed E-state index contributed by atoms with van der Waals surface area (Å²) in [4.78, 5) is 33.6. The maximum atomic E-state index is 12.6. The van der Waals surface area contributed by atoms with Crippen molar-refractivity contribution in [3.63, 3.8) is 0 Å². The number of aliphatic carboxylic acids is 1. The van der Waals surface area contributed by atoms with Crippen molar-refractivity contribution in [1.82, 2.24) is 24.5 Å². The maximum Gasteiger partial charge on any atom is 0.326 e. The molecular weight excluding hydrogens is 286 g/mol. The molecule has 1 unspecified atom stereocenters. The number of hydrogen-bond donors (Lipinski definition) is 1. The molecule has 2 aromatic heterocycles. The van der Waals surface area contributed by atoms with E-state index in [1.165, 1.54) is 9.42 Å². The molecule has 1 atom stereocenters. The Hall–Kier alpha value is -2.51. The van der Waals surface area contributed by atoms with Crippen molar-refractivity contribution < 1.29 is 14.7 Å². The number of carboxylic acid groups (broad SMARTS) is 1. The quantitative estimate of drug-likeness (QED) is 0.881. The van der Waals surface area contributed by atoms with Crippen LogP contribution in [0.1, 0.15) is 41.3 Å². The van der Waals surface area contributed by atoms with E-state index in [1.807, 2.05) is 19.9 Å². The highest BCUT2D eigenvalue weighted by Crippen LogP contribution is 2.19. The summed E-state index contributed by atoms with van der Waals surface area (Å²) in [6.07, 6.45) is 2.06. The molecule has 1 aliphatic heterocycles. The summed E-state index contributed by atoms with van der Waals surface area (Å²) in [7, 11) is 0. The van der Waals surface area contributed by atoms with Gasteiger partial charge in [0.05, 0.1) is 0 Å². The molecule has 2 aromatic rings. The van der Waals surface area contributed by atoms with Crippen LogP contribution in [0.4, 0.5) is 0 Å². The topological polar surface area (TPSA) is 101 Å². The molecule has 1 fully saturated rings. The summed E-state index contributed by atoms with van der Waals surface area (Å²) in [6.45, 7) is 4.11. The average Bonchev–Trinajstić information content (AvgIpc) is 2.90. The van der Waals surface area contributed by atoms with Crippen LogP contribution in [0.5, 0.6) is 0 Å². The van der Waals surface area contributed by atoms with E-state index < -0.39 is 17.9 Å². The molecule has 8 nitrogen and oxygen atoms in total. The molecule has 1 amide bonds. The van der Waals surface area contributed by atoms with Gasteiger partial charge in [-0.2, -0.15) is 4.98 Å². The fourth-order valence-electron chi connectivity index (χ4n) is 2.82. The van der Waals surface area contributed by atoms with E-state index in [1.54, 1.807) is 0 Å². The summed E-state index contributed by atoms with van der Waals surface area (Å²) in [6, 6.07) is 1.04. The molecule has 0 radical (unpaired) electrons. The lowest BCUT2D eigenvalue weighted by atomic mass is 10.0. The van der Waals surface area contributed by atoms with Crippen molar-refractivity contribution in [2.45, 2.75) is 39.2 Å². The highest BCUT2D eigenvalue weighted by Gasteiger charge is 2.34. The number of aromatic nitrogens is 4. The predicted octanol–water partition coefficient (Wildman–Crippen LogP) is 0.820. The molecule has 0 aliphatic carbocycles. The van der Waals surface area contributed by atoms with Gasteiger partial charge in [-0.05, 0) is 39.2 Å². The number of fused-ring (bicyclic) bond motifs is 1. The number of carboxylic acids is 1. The fourth-order valence-corrected chi connectivity index (χ4v) is 2.82. The summed E-state index contributed by atoms with van der Waals surface area (Å²) in [5.74, 6) is -1.09. The van der Waals surface area contributed by atoms with Crippen LogP contribution in [-0.2, 0) is 4.79 Å². The molecular formula is C14H17N5O3. The van der Waals surface area contributed by atoms with Gasteiger partial charge < -0.3 is 10.0 Å². The Morgan fingerprint density at radius 2 is 2.05 bits per heavy atom. The third kappa shape index (κ3) is 2.40. The number of nitrogens with zero attached hydrogens (tertiary/aromatic N) is 5. The lowest BCUT2D eigenvalue weighted by Gasteiger charge is -2.31. The van der Waals surface area contributed by atoms with Gasteiger partial charge >= 0.3 is 5.97 Å². The Morgan fingerprint density at radius 3 is 2.77 bits per heavy atom. The van der Waals surface area contributed by atoms with E-state index in [9.17, 15) is 14.7 Å². The van der Waals surface area contributed by atoms with Gasteiger partial charge in [0.15, 0.2) is 0 Å². The zero-order valence-electron chi connectivity index (χ0n) is 12.5. The SMILES string of the molecule is Cc1cc(C)n2nc(C(=O)N3CCCCC3C(=O)O)nc2n1. The number of piperidine rings is 1. The van der Waals surface area contributed by atoms with Crippen molar-refractivity contribution >= 4 is 17.7 Å². The Labute approximate surface area is 126 Å². The fraction of sp³-hybridized carbons (Fsp3) is 0.500. The second-order valence-electron chi connectivity index (χ2n) is 5.53. The highest BCUT2D eigenvalue weighted by atomic mass is 16.4. The maximum absolute atomic E-state index is 12.6. The first kappa shape index (κ1) is 14.4. The van der Waals surface area contributed by atoms with Crippen LogP contribution in [0.2, 0.25) is 0 Å². The van der Waals surface area contributed by atoms with Crippen LogP contribution in [0, 0.1) is 13.8 Å². The first-order valence-corrected chi connectivity index (χ1v) is 7.22. The Morgan fingerprint density at radius 1 is 1.27 bits per heavy atom. The first-order valence-electron chi connectivity index (χ1n) is 7.22. The van der Waals surface area contributed by atoms with Gasteiger partial charge in [-0.15, -0.1) is 5.10 Å². The number of amides is 1. The Bertz CT molecular complexity index is 754. The first-order chi connectivity index (χ1) is 10.5. The lowest BCUT2D eigenvalue weighted by Crippen LogP contribution is -2.48. The summed E-state index contributed by atoms with van der Waals surface area (Å²) in [5.41, 5.74) is 1.61. The number of carbonyl (C=O) groups excluding carboxylic acids is 1. The standard InChI is InChI=1S/C14H17N5O3/c1-8-7-9(2)19-14(15-8)16-11(17-19)12(20)18-6-4-3-5-10(18)13(21)22/h7,10H,3-6H2,1-2H3,(H,21,22). The van der Waals surface area contributed by atoms with Crippen LogP contribution in [-0.4, -0.2) is 54.1 Å². The minimum atomic E-state index is -0.984. The highest BCUT2D eigenvalue weighted by molar-refractivity contribution is 5.94. The molecule has 0 bridgehead atoms. The van der Waals surface area contributed by atoms with Crippen LogP contribution in [0.15, 0.2) is 6.07 Å². The molecule has 0 saturated carbocycles. The number of likely N-dealkylation sites (tertiary alicyclic amines) is 1. The number of aryl methyl sites for hydroxylation is 2. The van der Waals surface area contributed by atoms with Crippen molar-refractivity contribution in [2.75, 3.05) is 6.54 Å². The molecule has 0 spiro atoms. The van der Waals surface area contributed by atoms with Gasteiger partial charge in [-0.1, -0.05) is 0 Å². The van der Waals surface area contributed by atoms with Crippen LogP contribution >= 0.6 is 0 Å². The van der Waals surface area contributed by atoms with Crippen molar-refractivity contribution in [1.29, 1.82) is 0 Å². The molecule has 1 aliphatic rings. The van der Waals surface area contributed by atoms with Crippen LogP contribution in [0.25, 0.3) is 5.78 Å². The number of carbonyl (C=O) groups is 2. The van der Waals surface area contributed by atoms with Crippen molar-refractivity contribution in [2.24, 2.45) is 0 Å². The number of rotatable bonds is 2. The summed E-state index contributed by atoms with van der Waals surface area (Å²) in [5, 5.41) is 13.5. The smallest absolute Gasteiger partial charge is 0.326 e. The van der Waals surface area contributed by atoms with E-state index in [2.05, 4.69) is 15.1 Å². The third-order valence-corrected chi connectivity index (χ3v) is 3.86. The van der Waals surface area contributed by atoms with E-state index in [4.69, 9.17) is 0 Å². The summed E-state index contributed by atoms with van der Waals surface area (Å²) >= 11 is 0. The second kappa shape index (κ2) is 5.36. The molecule has 0 aromatic carbocycles. The van der Waals surface area contributed by atoms with Crippen LogP contribution in [0.3, 0.4) is 0 Å². The van der Waals surface area contributed by atoms with Gasteiger partial charge in [0.2, 0.25) is 5.82 Å². The minimum Gasteiger partial charge on any atom is -0.480 e. The van der Waals surface area contributed by atoms with Crippen molar-refractivity contribution in [3.8, 4) is 0 Å². The lowest BCUT2D eigenvalue weighted by molar-refractivity contribution is -0.143. The average molecular weight is 303 g/mol. The van der Waals surface area contributed by atoms with E-state index in [-0.39, 0.29) is 5.82 Å². The zero-order valence-corrected chi connectivity index (χ0v) is 12.5. The second-order valence-corrected chi connectivity index (χ2v) is 5.53. The normalized spacial score (nSPS) is 18.6. The molecule has 116 valence electrons. The molecule has 22 heavy (non-hydrogen) atoms. The van der Waals surface area contributed by atoms with Crippen LogP contribution < -0.4 is 0 Å². The predicted molar refractivity (Wildman–Crippen MR) is 76.6 cm³/mol. The van der Waals surface area contributed by atoms with E-state index in [0.29, 0.717) is 18.7 Å². The van der Waals surface area contributed by atoms with E-state index in [0.717, 1.165) is 24.2 Å². The van der Waals surface area contributed by atoms with Gasteiger partial charge in [-0.3, -0.25) is 4.79 Å². The Kier molecular flexibility index (Phi) is 3.51. The zero-order chi connectivity index (χ0) is 15.9. The molecule has 1 N–H and O–H groups in total. The van der Waals surface area contributed by atoms with Gasteiger partial charge in [0, 0.05) is 17.9 Å².